The Hall–Kier alpha value is -0.830. The first kappa shape index (κ1) is 11.6. The van der Waals surface area contributed by atoms with E-state index in [1.807, 2.05) is 0 Å². The summed E-state index contributed by atoms with van der Waals surface area (Å²) in [6, 6.07) is 0.644. The van der Waals surface area contributed by atoms with Crippen molar-refractivity contribution in [2.75, 3.05) is 0 Å². The third kappa shape index (κ3) is 3.08. The van der Waals surface area contributed by atoms with Gasteiger partial charge < -0.3 is 9.73 Å². The van der Waals surface area contributed by atoms with Crippen LogP contribution in [0.25, 0.3) is 0 Å². The third-order valence-electron chi connectivity index (χ3n) is 3.68. The molecule has 0 radical (unpaired) electrons. The van der Waals surface area contributed by atoms with E-state index in [2.05, 4.69) is 17.2 Å². The first-order chi connectivity index (χ1) is 7.90. The highest BCUT2D eigenvalue weighted by Crippen LogP contribution is 2.27. The summed E-state index contributed by atoms with van der Waals surface area (Å²) in [5.41, 5.74) is 0. The Morgan fingerprint density at radius 1 is 1.44 bits per heavy atom. The summed E-state index contributed by atoms with van der Waals surface area (Å²) in [5, 5.41) is 3.61. The molecule has 0 aromatic carbocycles. The van der Waals surface area contributed by atoms with Crippen LogP contribution in [0.3, 0.4) is 0 Å². The number of oxazole rings is 1. The number of nitrogens with one attached hydrogen (secondary N) is 1. The summed E-state index contributed by atoms with van der Waals surface area (Å²) >= 11 is 0. The van der Waals surface area contributed by atoms with Gasteiger partial charge in [0.15, 0.2) is 6.39 Å². The Morgan fingerprint density at radius 3 is 2.88 bits per heavy atom. The molecule has 1 unspecified atom stereocenters. The van der Waals surface area contributed by atoms with Crippen molar-refractivity contribution in [3.8, 4) is 0 Å². The molecule has 0 saturated heterocycles. The third-order valence-corrected chi connectivity index (χ3v) is 3.68. The van der Waals surface area contributed by atoms with E-state index in [-0.39, 0.29) is 0 Å². The summed E-state index contributed by atoms with van der Waals surface area (Å²) in [4.78, 5) is 3.93. The van der Waals surface area contributed by atoms with Crippen molar-refractivity contribution >= 4 is 0 Å². The lowest BCUT2D eigenvalue weighted by Crippen LogP contribution is -2.36. The van der Waals surface area contributed by atoms with Gasteiger partial charge in [-0.2, -0.15) is 0 Å². The van der Waals surface area contributed by atoms with Crippen LogP contribution in [-0.4, -0.2) is 11.0 Å². The van der Waals surface area contributed by atoms with Gasteiger partial charge >= 0.3 is 0 Å². The van der Waals surface area contributed by atoms with Crippen LogP contribution in [-0.2, 0) is 6.54 Å². The zero-order chi connectivity index (χ0) is 11.2. The number of rotatable bonds is 5. The van der Waals surface area contributed by atoms with Crippen LogP contribution in [0, 0.1) is 5.92 Å². The molecular weight excluding hydrogens is 200 g/mol. The molecule has 1 atom stereocenters. The van der Waals surface area contributed by atoms with E-state index in [9.17, 15) is 0 Å². The average molecular weight is 222 g/mol. The Kier molecular flexibility index (Phi) is 4.40. The minimum atomic E-state index is 0.644. The van der Waals surface area contributed by atoms with Gasteiger partial charge in [0.1, 0.15) is 5.76 Å². The molecule has 3 heteroatoms. The van der Waals surface area contributed by atoms with E-state index < -0.39 is 0 Å². The number of nitrogens with zero attached hydrogens (tertiary/aromatic N) is 1. The van der Waals surface area contributed by atoms with E-state index in [1.165, 1.54) is 44.9 Å². The van der Waals surface area contributed by atoms with Crippen molar-refractivity contribution in [1.29, 1.82) is 0 Å². The molecule has 90 valence electrons. The molecule has 1 aliphatic carbocycles. The largest absolute Gasteiger partial charge is 0.447 e. The summed E-state index contributed by atoms with van der Waals surface area (Å²) in [6.45, 7) is 3.08. The lowest BCUT2D eigenvalue weighted by atomic mass is 9.83. The maximum absolute atomic E-state index is 5.24. The monoisotopic (exact) mass is 222 g/mol. The molecule has 1 saturated carbocycles. The fraction of sp³-hybridized carbons (Fsp3) is 0.769. The Morgan fingerprint density at radius 2 is 2.25 bits per heavy atom. The molecule has 0 bridgehead atoms. The van der Waals surface area contributed by atoms with Crippen LogP contribution in [0.15, 0.2) is 17.0 Å². The van der Waals surface area contributed by atoms with E-state index in [4.69, 9.17) is 4.42 Å². The maximum Gasteiger partial charge on any atom is 0.180 e. The number of hydrogen-bond donors (Lipinski definition) is 1. The SMILES string of the molecule is CCC(NCc1cnco1)C1CCCCC1. The van der Waals surface area contributed by atoms with Crippen LogP contribution in [0.4, 0.5) is 0 Å². The Balaban J connectivity index is 1.80. The molecule has 2 rings (SSSR count). The highest BCUT2D eigenvalue weighted by atomic mass is 16.3. The second-order valence-corrected chi connectivity index (χ2v) is 4.76. The zero-order valence-electron chi connectivity index (χ0n) is 10.1. The highest BCUT2D eigenvalue weighted by molar-refractivity contribution is 4.89. The fourth-order valence-electron chi connectivity index (χ4n) is 2.74. The summed E-state index contributed by atoms with van der Waals surface area (Å²) < 4.78 is 5.24. The van der Waals surface area contributed by atoms with Crippen molar-refractivity contribution in [3.05, 3.63) is 18.4 Å². The van der Waals surface area contributed by atoms with Crippen LogP contribution in [0.2, 0.25) is 0 Å². The second kappa shape index (κ2) is 6.04. The molecule has 16 heavy (non-hydrogen) atoms. The van der Waals surface area contributed by atoms with E-state index >= 15 is 0 Å². The average Bonchev–Trinajstić information content (AvgIpc) is 2.84. The molecule has 1 aromatic heterocycles. The summed E-state index contributed by atoms with van der Waals surface area (Å²) in [7, 11) is 0. The topological polar surface area (TPSA) is 38.1 Å². The van der Waals surface area contributed by atoms with E-state index in [1.54, 1.807) is 6.20 Å². The Bertz CT molecular complexity index is 278. The van der Waals surface area contributed by atoms with Crippen molar-refractivity contribution in [3.63, 3.8) is 0 Å². The lowest BCUT2D eigenvalue weighted by molar-refractivity contribution is 0.257. The van der Waals surface area contributed by atoms with Crippen LogP contribution >= 0.6 is 0 Å². The normalized spacial score (nSPS) is 19.8. The van der Waals surface area contributed by atoms with Crippen molar-refractivity contribution in [1.82, 2.24) is 10.3 Å². The van der Waals surface area contributed by atoms with E-state index in [0.717, 1.165) is 18.2 Å². The molecule has 0 aliphatic heterocycles. The van der Waals surface area contributed by atoms with Crippen LogP contribution in [0.5, 0.6) is 0 Å². The first-order valence-corrected chi connectivity index (χ1v) is 6.51. The standard InChI is InChI=1S/C13H22N2O/c1-2-13(11-6-4-3-5-7-11)15-9-12-8-14-10-16-12/h8,10-11,13,15H,2-7,9H2,1H3. The predicted molar refractivity (Wildman–Crippen MR) is 64.0 cm³/mol. The second-order valence-electron chi connectivity index (χ2n) is 4.76. The fourth-order valence-corrected chi connectivity index (χ4v) is 2.74. The van der Waals surface area contributed by atoms with Gasteiger partial charge in [0.2, 0.25) is 0 Å². The van der Waals surface area contributed by atoms with Gasteiger partial charge in [-0.1, -0.05) is 26.2 Å². The number of aromatic nitrogens is 1. The van der Waals surface area contributed by atoms with Gasteiger partial charge in [-0.25, -0.2) is 4.98 Å². The molecule has 0 spiro atoms. The number of hydrogen-bond acceptors (Lipinski definition) is 3. The molecule has 1 aromatic rings. The van der Waals surface area contributed by atoms with Gasteiger partial charge in [-0.05, 0) is 25.2 Å². The Labute approximate surface area is 97.6 Å². The smallest absolute Gasteiger partial charge is 0.180 e. The summed E-state index contributed by atoms with van der Waals surface area (Å²) in [6.07, 6.45) is 11.5. The molecule has 1 aliphatic rings. The molecule has 1 heterocycles. The van der Waals surface area contributed by atoms with Crippen molar-refractivity contribution in [2.24, 2.45) is 5.92 Å². The minimum absolute atomic E-state index is 0.644. The van der Waals surface area contributed by atoms with Gasteiger partial charge in [0.05, 0.1) is 12.7 Å². The van der Waals surface area contributed by atoms with Gasteiger partial charge in [0, 0.05) is 6.04 Å². The van der Waals surface area contributed by atoms with E-state index in [0.29, 0.717) is 6.04 Å². The maximum atomic E-state index is 5.24. The van der Waals surface area contributed by atoms with Crippen molar-refractivity contribution < 1.29 is 4.42 Å². The minimum Gasteiger partial charge on any atom is -0.447 e. The quantitative estimate of drug-likeness (QED) is 0.831. The highest BCUT2D eigenvalue weighted by Gasteiger charge is 2.21. The van der Waals surface area contributed by atoms with Gasteiger partial charge in [-0.3, -0.25) is 0 Å². The van der Waals surface area contributed by atoms with Crippen molar-refractivity contribution in [2.45, 2.75) is 58.0 Å². The van der Waals surface area contributed by atoms with Crippen LogP contribution in [0.1, 0.15) is 51.2 Å². The molecule has 3 nitrogen and oxygen atoms in total. The van der Waals surface area contributed by atoms with Gasteiger partial charge in [0.25, 0.3) is 0 Å². The molecule has 1 fully saturated rings. The zero-order valence-corrected chi connectivity index (χ0v) is 10.1. The van der Waals surface area contributed by atoms with Crippen LogP contribution < -0.4 is 5.32 Å². The molecule has 1 N–H and O–H groups in total. The first-order valence-electron chi connectivity index (χ1n) is 6.51. The predicted octanol–water partition coefficient (Wildman–Crippen LogP) is 3.12. The lowest BCUT2D eigenvalue weighted by Gasteiger charge is -2.30. The summed E-state index contributed by atoms with van der Waals surface area (Å²) in [5.74, 6) is 1.80. The molecule has 0 amide bonds. The molecular formula is C13H22N2O. The van der Waals surface area contributed by atoms with Gasteiger partial charge in [-0.15, -0.1) is 0 Å².